The predicted molar refractivity (Wildman–Crippen MR) is 115 cm³/mol. The molecule has 0 saturated carbocycles. The molecule has 2 aromatic carbocycles. The summed E-state index contributed by atoms with van der Waals surface area (Å²) in [5.41, 5.74) is 2.31. The van der Waals surface area contributed by atoms with E-state index in [1.54, 1.807) is 24.3 Å². The Kier molecular flexibility index (Phi) is 6.47. The van der Waals surface area contributed by atoms with Crippen molar-refractivity contribution in [3.8, 4) is 5.75 Å². The van der Waals surface area contributed by atoms with Crippen LogP contribution in [0.25, 0.3) is 0 Å². The van der Waals surface area contributed by atoms with E-state index < -0.39 is 11.9 Å². The maximum atomic E-state index is 12.6. The van der Waals surface area contributed by atoms with Crippen LogP contribution < -0.4 is 4.74 Å². The van der Waals surface area contributed by atoms with Crippen molar-refractivity contribution < 1.29 is 23.9 Å². The summed E-state index contributed by atoms with van der Waals surface area (Å²) in [6, 6.07) is 14.5. The second-order valence-corrected chi connectivity index (χ2v) is 8.37. The topological polar surface area (TPSA) is 72.9 Å². The number of rotatable bonds is 6. The molecule has 162 valence electrons. The third-order valence-corrected chi connectivity index (χ3v) is 6.18. The van der Waals surface area contributed by atoms with E-state index in [9.17, 15) is 14.4 Å². The lowest BCUT2D eigenvalue weighted by molar-refractivity contribution is -0.131. The van der Waals surface area contributed by atoms with Crippen LogP contribution in [-0.4, -0.2) is 42.4 Å². The molecule has 0 amide bonds. The van der Waals surface area contributed by atoms with E-state index in [0.717, 1.165) is 44.3 Å². The highest BCUT2D eigenvalue weighted by molar-refractivity contribution is 6.02. The Labute approximate surface area is 182 Å². The average Bonchev–Trinajstić information content (AvgIpc) is 3.08. The van der Waals surface area contributed by atoms with Crippen LogP contribution in [0.3, 0.4) is 0 Å². The molecule has 2 aromatic rings. The number of para-hydroxylation sites is 1. The van der Waals surface area contributed by atoms with Crippen molar-refractivity contribution in [2.24, 2.45) is 11.8 Å². The molecule has 1 atom stereocenters. The molecular weight excluding hydrogens is 394 g/mol. The van der Waals surface area contributed by atoms with Gasteiger partial charge in [-0.15, -0.1) is 0 Å². The van der Waals surface area contributed by atoms with Gasteiger partial charge in [0.2, 0.25) is 0 Å². The van der Waals surface area contributed by atoms with Crippen molar-refractivity contribution >= 4 is 17.7 Å². The van der Waals surface area contributed by atoms with Gasteiger partial charge in [0.25, 0.3) is 0 Å². The zero-order valence-electron chi connectivity index (χ0n) is 17.7. The number of likely N-dealkylation sites (tertiary alicyclic amines) is 1. The van der Waals surface area contributed by atoms with E-state index in [1.165, 1.54) is 12.5 Å². The highest BCUT2D eigenvalue weighted by Crippen LogP contribution is 2.33. The van der Waals surface area contributed by atoms with E-state index in [2.05, 4.69) is 11.0 Å². The van der Waals surface area contributed by atoms with E-state index in [4.69, 9.17) is 9.47 Å². The Bertz CT molecular complexity index is 977. The van der Waals surface area contributed by atoms with Gasteiger partial charge in [-0.3, -0.25) is 14.5 Å². The number of ketones is 1. The van der Waals surface area contributed by atoms with Crippen LogP contribution in [0.15, 0.2) is 48.5 Å². The smallest absolute Gasteiger partial charge is 0.343 e. The summed E-state index contributed by atoms with van der Waals surface area (Å²) >= 11 is 0. The minimum Gasteiger partial charge on any atom is -0.446 e. The number of hydrogen-bond acceptors (Lipinski definition) is 6. The maximum Gasteiger partial charge on any atom is 0.343 e. The molecular formula is C25H27NO5. The first-order valence-corrected chi connectivity index (χ1v) is 10.8. The summed E-state index contributed by atoms with van der Waals surface area (Å²) in [6.45, 7) is 3.16. The molecule has 2 aliphatic rings. The zero-order valence-corrected chi connectivity index (χ0v) is 17.7. The van der Waals surface area contributed by atoms with Crippen LogP contribution in [0, 0.1) is 11.8 Å². The molecule has 1 saturated heterocycles. The number of benzene rings is 2. The summed E-state index contributed by atoms with van der Waals surface area (Å²) < 4.78 is 10.5. The Hall–Kier alpha value is -2.99. The lowest BCUT2D eigenvalue weighted by Crippen LogP contribution is -2.37. The lowest BCUT2D eigenvalue weighted by atomic mass is 9.85. The number of ether oxygens (including phenoxy) is 2. The molecule has 0 N–H and O–H groups in total. The highest BCUT2D eigenvalue weighted by Gasteiger charge is 2.33. The fourth-order valence-electron chi connectivity index (χ4n) is 4.57. The van der Waals surface area contributed by atoms with E-state index in [1.807, 2.05) is 18.2 Å². The van der Waals surface area contributed by atoms with Crippen LogP contribution >= 0.6 is 0 Å². The minimum atomic E-state index is -0.506. The number of carbonyl (C=O) groups is 3. The molecule has 6 heteroatoms. The predicted octanol–water partition coefficient (Wildman–Crippen LogP) is 3.88. The van der Waals surface area contributed by atoms with Crippen LogP contribution in [0.1, 0.15) is 52.5 Å². The van der Waals surface area contributed by atoms with Crippen molar-refractivity contribution in [1.29, 1.82) is 0 Å². The number of piperidine rings is 1. The number of Topliss-reactive ketones (excluding diaryl/α,β-unsaturated/α-hetero) is 1. The van der Waals surface area contributed by atoms with Gasteiger partial charge in [-0.05, 0) is 49.3 Å². The minimum absolute atomic E-state index is 0.101. The number of nitrogens with zero attached hydrogens (tertiary/aromatic N) is 1. The van der Waals surface area contributed by atoms with Crippen LogP contribution in [0.5, 0.6) is 5.75 Å². The van der Waals surface area contributed by atoms with Crippen LogP contribution in [0.2, 0.25) is 0 Å². The van der Waals surface area contributed by atoms with E-state index >= 15 is 0 Å². The molecule has 1 unspecified atom stereocenters. The van der Waals surface area contributed by atoms with Crippen molar-refractivity contribution in [3.63, 3.8) is 0 Å². The molecule has 31 heavy (non-hydrogen) atoms. The first kappa shape index (κ1) is 21.2. The summed E-state index contributed by atoms with van der Waals surface area (Å²) in [6.07, 6.45) is 3.76. The van der Waals surface area contributed by atoms with Gasteiger partial charge in [-0.2, -0.15) is 0 Å². The van der Waals surface area contributed by atoms with Gasteiger partial charge >= 0.3 is 11.9 Å². The SMILES string of the molecule is CC(=O)Oc1ccccc1C(=O)OCN1CCC(CC2Cc3ccccc3C2=O)CC1. The third-order valence-electron chi connectivity index (χ3n) is 6.18. The van der Waals surface area contributed by atoms with Crippen LogP contribution in [-0.2, 0) is 16.0 Å². The van der Waals surface area contributed by atoms with E-state index in [0.29, 0.717) is 11.7 Å². The number of hydrogen-bond donors (Lipinski definition) is 0. The number of fused-ring (bicyclic) bond motifs is 1. The first-order chi connectivity index (χ1) is 15.0. The van der Waals surface area contributed by atoms with Gasteiger partial charge < -0.3 is 9.47 Å². The highest BCUT2D eigenvalue weighted by atomic mass is 16.6. The fourth-order valence-corrected chi connectivity index (χ4v) is 4.57. The number of esters is 2. The first-order valence-electron chi connectivity index (χ1n) is 10.8. The van der Waals surface area contributed by atoms with E-state index in [-0.39, 0.29) is 24.0 Å². The van der Waals surface area contributed by atoms with Gasteiger partial charge in [-0.1, -0.05) is 36.4 Å². The summed E-state index contributed by atoms with van der Waals surface area (Å²) in [7, 11) is 0. The van der Waals surface area contributed by atoms with Crippen molar-refractivity contribution in [3.05, 3.63) is 65.2 Å². The lowest BCUT2D eigenvalue weighted by Gasteiger charge is -2.32. The molecule has 0 aromatic heterocycles. The zero-order chi connectivity index (χ0) is 21.8. The van der Waals surface area contributed by atoms with Gasteiger partial charge in [0.1, 0.15) is 18.0 Å². The monoisotopic (exact) mass is 421 g/mol. The van der Waals surface area contributed by atoms with Crippen molar-refractivity contribution in [1.82, 2.24) is 4.90 Å². The molecule has 1 aliphatic carbocycles. The van der Waals surface area contributed by atoms with Gasteiger partial charge in [-0.25, -0.2) is 4.79 Å². The summed E-state index contributed by atoms with van der Waals surface area (Å²) in [5, 5.41) is 0. The summed E-state index contributed by atoms with van der Waals surface area (Å²) in [4.78, 5) is 38.4. The Balaban J connectivity index is 1.24. The standard InChI is InChI=1S/C25H27NO5/c1-17(27)31-23-9-5-4-8-22(23)25(29)30-16-26-12-10-18(11-13-26)14-20-15-19-6-2-3-7-21(19)24(20)28/h2-9,18,20H,10-16H2,1H3. The molecule has 0 bridgehead atoms. The largest absolute Gasteiger partial charge is 0.446 e. The van der Waals surface area contributed by atoms with Gasteiger partial charge in [0.05, 0.1) is 0 Å². The Morgan fingerprint density at radius 1 is 1.03 bits per heavy atom. The fraction of sp³-hybridized carbons (Fsp3) is 0.400. The molecule has 0 spiro atoms. The molecule has 4 rings (SSSR count). The molecule has 6 nitrogen and oxygen atoms in total. The second-order valence-electron chi connectivity index (χ2n) is 8.37. The van der Waals surface area contributed by atoms with Crippen molar-refractivity contribution in [2.45, 2.75) is 32.6 Å². The summed E-state index contributed by atoms with van der Waals surface area (Å²) in [5.74, 6) is 0.128. The molecule has 1 heterocycles. The van der Waals surface area contributed by atoms with Crippen LogP contribution in [0.4, 0.5) is 0 Å². The normalized spacial score (nSPS) is 19.1. The Morgan fingerprint density at radius 2 is 1.74 bits per heavy atom. The Morgan fingerprint density at radius 3 is 2.48 bits per heavy atom. The molecule has 1 aliphatic heterocycles. The van der Waals surface area contributed by atoms with Crippen molar-refractivity contribution in [2.75, 3.05) is 19.8 Å². The van der Waals surface area contributed by atoms with Gasteiger partial charge in [0, 0.05) is 31.5 Å². The molecule has 1 fully saturated rings. The average molecular weight is 421 g/mol. The second kappa shape index (κ2) is 9.43. The third kappa shape index (κ3) is 5.02. The molecule has 0 radical (unpaired) electrons. The quantitative estimate of drug-likeness (QED) is 0.521. The van der Waals surface area contributed by atoms with Gasteiger partial charge in [0.15, 0.2) is 5.78 Å². The number of carbonyl (C=O) groups excluding carboxylic acids is 3. The maximum absolute atomic E-state index is 12.6.